The molecule has 0 N–H and O–H groups in total. The van der Waals surface area contributed by atoms with Crippen LogP contribution in [0.1, 0.15) is 23.6 Å². The molecule has 20 heavy (non-hydrogen) atoms. The normalized spacial score (nSPS) is 19.4. The van der Waals surface area contributed by atoms with Crippen LogP contribution in [0.4, 0.5) is 0 Å². The molecule has 3 rings (SSSR count). The second-order valence-corrected chi connectivity index (χ2v) is 5.34. The van der Waals surface area contributed by atoms with Gasteiger partial charge in [-0.15, -0.1) is 5.10 Å². The maximum Gasteiger partial charge on any atom is 0.118 e. The molecule has 1 atom stereocenters. The zero-order valence-electron chi connectivity index (χ0n) is 12.0. The highest BCUT2D eigenvalue weighted by Crippen LogP contribution is 2.29. The van der Waals surface area contributed by atoms with Crippen LogP contribution in [0.2, 0.25) is 0 Å². The molecule has 2 aromatic rings. The molecule has 0 saturated carbocycles. The number of likely N-dealkylation sites (tertiary alicyclic amines) is 1. The summed E-state index contributed by atoms with van der Waals surface area (Å²) in [5, 5.41) is 7.91. The first-order valence-corrected chi connectivity index (χ1v) is 6.96. The Bertz CT molecular complexity index is 564. The van der Waals surface area contributed by atoms with Gasteiger partial charge in [-0.2, -0.15) is 0 Å². The number of aryl methyl sites for hydroxylation is 1. The predicted molar refractivity (Wildman–Crippen MR) is 76.6 cm³/mol. The Morgan fingerprint density at radius 2 is 2.10 bits per heavy atom. The van der Waals surface area contributed by atoms with Crippen LogP contribution in [0.15, 0.2) is 30.5 Å². The van der Waals surface area contributed by atoms with E-state index in [1.807, 2.05) is 30.1 Å². The molecule has 0 bridgehead atoms. The van der Waals surface area contributed by atoms with E-state index < -0.39 is 0 Å². The summed E-state index contributed by atoms with van der Waals surface area (Å²) in [6.07, 6.45) is 3.05. The second kappa shape index (κ2) is 5.63. The molecule has 1 aromatic heterocycles. The molecule has 5 nitrogen and oxygen atoms in total. The number of methoxy groups -OCH3 is 1. The van der Waals surface area contributed by atoms with Gasteiger partial charge in [0, 0.05) is 20.1 Å². The van der Waals surface area contributed by atoms with Crippen LogP contribution in [0, 0.1) is 0 Å². The topological polar surface area (TPSA) is 43.2 Å². The number of nitrogens with zero attached hydrogens (tertiary/aromatic N) is 4. The zero-order valence-corrected chi connectivity index (χ0v) is 12.0. The summed E-state index contributed by atoms with van der Waals surface area (Å²) in [5.74, 6) is 1.53. The fraction of sp³-hybridized carbons (Fsp3) is 0.467. The highest BCUT2D eigenvalue weighted by molar-refractivity contribution is 5.30. The summed E-state index contributed by atoms with van der Waals surface area (Å²) in [5.41, 5.74) is 2.57. The standard InChI is InChI=1S/C15H20N4O/c1-18-14(9-16-17-18)11-19-8-7-13(10-19)12-3-5-15(20-2)6-4-12/h3-6,9,13H,7-8,10-11H2,1-2H3. The number of hydrogen-bond acceptors (Lipinski definition) is 4. The second-order valence-electron chi connectivity index (χ2n) is 5.34. The Balaban J connectivity index is 1.62. The molecular formula is C15H20N4O. The van der Waals surface area contributed by atoms with Gasteiger partial charge in [-0.25, -0.2) is 0 Å². The van der Waals surface area contributed by atoms with Gasteiger partial charge in [0.05, 0.1) is 19.0 Å². The quantitative estimate of drug-likeness (QED) is 0.851. The number of rotatable bonds is 4. The van der Waals surface area contributed by atoms with Crippen LogP contribution >= 0.6 is 0 Å². The molecule has 1 saturated heterocycles. The lowest BCUT2D eigenvalue weighted by molar-refractivity contribution is 0.317. The molecule has 0 spiro atoms. The third-order valence-corrected chi connectivity index (χ3v) is 4.05. The Kier molecular flexibility index (Phi) is 3.69. The summed E-state index contributed by atoms with van der Waals surface area (Å²) in [7, 11) is 3.65. The Hall–Kier alpha value is -1.88. The van der Waals surface area contributed by atoms with E-state index in [2.05, 4.69) is 27.3 Å². The van der Waals surface area contributed by atoms with Gasteiger partial charge in [-0.05, 0) is 36.6 Å². The Morgan fingerprint density at radius 3 is 2.75 bits per heavy atom. The van der Waals surface area contributed by atoms with E-state index in [0.29, 0.717) is 5.92 Å². The maximum absolute atomic E-state index is 5.21. The summed E-state index contributed by atoms with van der Waals surface area (Å²) in [4.78, 5) is 2.47. The van der Waals surface area contributed by atoms with Crippen LogP contribution < -0.4 is 4.74 Å². The van der Waals surface area contributed by atoms with Crippen molar-refractivity contribution >= 4 is 0 Å². The van der Waals surface area contributed by atoms with E-state index in [9.17, 15) is 0 Å². The van der Waals surface area contributed by atoms with Gasteiger partial charge in [0.15, 0.2) is 0 Å². The van der Waals surface area contributed by atoms with Gasteiger partial charge in [-0.1, -0.05) is 17.3 Å². The molecule has 1 unspecified atom stereocenters. The van der Waals surface area contributed by atoms with Crippen LogP contribution in [0.3, 0.4) is 0 Å². The average molecular weight is 272 g/mol. The fourth-order valence-corrected chi connectivity index (χ4v) is 2.81. The largest absolute Gasteiger partial charge is 0.497 e. The van der Waals surface area contributed by atoms with Crippen molar-refractivity contribution in [3.63, 3.8) is 0 Å². The van der Waals surface area contributed by atoms with E-state index in [1.54, 1.807) is 7.11 Å². The van der Waals surface area contributed by atoms with Crippen molar-refractivity contribution in [2.24, 2.45) is 7.05 Å². The van der Waals surface area contributed by atoms with Crippen LogP contribution in [-0.2, 0) is 13.6 Å². The highest BCUT2D eigenvalue weighted by Gasteiger charge is 2.24. The lowest BCUT2D eigenvalue weighted by Crippen LogP contribution is -2.21. The van der Waals surface area contributed by atoms with Gasteiger partial charge < -0.3 is 4.74 Å². The lowest BCUT2D eigenvalue weighted by Gasteiger charge is -2.16. The predicted octanol–water partition coefficient (Wildman–Crippen LogP) is 1.81. The first-order chi connectivity index (χ1) is 9.76. The molecule has 1 aliphatic rings. The SMILES string of the molecule is COc1ccc(C2CCN(Cc3cnnn3C)C2)cc1. The molecule has 1 aliphatic heterocycles. The minimum atomic E-state index is 0.613. The monoisotopic (exact) mass is 272 g/mol. The van der Waals surface area contributed by atoms with Crippen molar-refractivity contribution in [2.75, 3.05) is 20.2 Å². The van der Waals surface area contributed by atoms with Gasteiger partial charge in [0.1, 0.15) is 5.75 Å². The van der Waals surface area contributed by atoms with Crippen molar-refractivity contribution in [1.82, 2.24) is 19.9 Å². The molecule has 5 heteroatoms. The fourth-order valence-electron chi connectivity index (χ4n) is 2.81. The molecule has 0 amide bonds. The van der Waals surface area contributed by atoms with Crippen molar-refractivity contribution in [3.05, 3.63) is 41.7 Å². The molecule has 2 heterocycles. The average Bonchev–Trinajstić information content (AvgIpc) is 3.10. The van der Waals surface area contributed by atoms with Gasteiger partial charge >= 0.3 is 0 Å². The van der Waals surface area contributed by atoms with Crippen molar-refractivity contribution in [2.45, 2.75) is 18.9 Å². The Morgan fingerprint density at radius 1 is 1.30 bits per heavy atom. The third kappa shape index (κ3) is 2.67. The van der Waals surface area contributed by atoms with E-state index in [0.717, 1.165) is 25.4 Å². The van der Waals surface area contributed by atoms with E-state index in [-0.39, 0.29) is 0 Å². The minimum absolute atomic E-state index is 0.613. The first-order valence-electron chi connectivity index (χ1n) is 6.96. The third-order valence-electron chi connectivity index (χ3n) is 4.05. The van der Waals surface area contributed by atoms with E-state index in [1.165, 1.54) is 17.7 Å². The smallest absolute Gasteiger partial charge is 0.118 e. The Labute approximate surface area is 119 Å². The van der Waals surface area contributed by atoms with Gasteiger partial charge in [0.2, 0.25) is 0 Å². The van der Waals surface area contributed by atoms with E-state index in [4.69, 9.17) is 4.74 Å². The zero-order chi connectivity index (χ0) is 13.9. The highest BCUT2D eigenvalue weighted by atomic mass is 16.5. The van der Waals surface area contributed by atoms with Crippen LogP contribution in [-0.4, -0.2) is 40.1 Å². The molecule has 1 fully saturated rings. The van der Waals surface area contributed by atoms with Crippen molar-refractivity contribution in [3.8, 4) is 5.75 Å². The molecular weight excluding hydrogens is 252 g/mol. The maximum atomic E-state index is 5.21. The summed E-state index contributed by atoms with van der Waals surface area (Å²) >= 11 is 0. The van der Waals surface area contributed by atoms with Gasteiger partial charge in [-0.3, -0.25) is 9.58 Å². The molecule has 0 radical (unpaired) electrons. The van der Waals surface area contributed by atoms with Crippen LogP contribution in [0.5, 0.6) is 5.75 Å². The van der Waals surface area contributed by atoms with Crippen LogP contribution in [0.25, 0.3) is 0 Å². The number of ether oxygens (including phenoxy) is 1. The summed E-state index contributed by atoms with van der Waals surface area (Å²) < 4.78 is 7.06. The number of benzene rings is 1. The van der Waals surface area contributed by atoms with Gasteiger partial charge in [0.25, 0.3) is 0 Å². The summed E-state index contributed by atoms with van der Waals surface area (Å²) in [6, 6.07) is 8.45. The summed E-state index contributed by atoms with van der Waals surface area (Å²) in [6.45, 7) is 3.15. The number of aromatic nitrogens is 3. The minimum Gasteiger partial charge on any atom is -0.497 e. The molecule has 1 aromatic carbocycles. The first kappa shape index (κ1) is 13.1. The molecule has 106 valence electrons. The molecule has 0 aliphatic carbocycles. The van der Waals surface area contributed by atoms with Crippen molar-refractivity contribution in [1.29, 1.82) is 0 Å². The van der Waals surface area contributed by atoms with Crippen molar-refractivity contribution < 1.29 is 4.74 Å². The van der Waals surface area contributed by atoms with E-state index >= 15 is 0 Å². The number of hydrogen-bond donors (Lipinski definition) is 0. The lowest BCUT2D eigenvalue weighted by atomic mass is 9.98.